The van der Waals surface area contributed by atoms with E-state index in [1.54, 1.807) is 11.0 Å². The molecule has 7 heteroatoms. The molecule has 24 heavy (non-hydrogen) atoms. The molecule has 0 amide bonds. The van der Waals surface area contributed by atoms with E-state index >= 15 is 0 Å². The Morgan fingerprint density at radius 3 is 2.83 bits per heavy atom. The number of hydrogen-bond donors (Lipinski definition) is 0. The van der Waals surface area contributed by atoms with E-state index in [0.717, 1.165) is 29.9 Å². The fourth-order valence-corrected chi connectivity index (χ4v) is 3.29. The highest BCUT2D eigenvalue weighted by Crippen LogP contribution is 2.44. The van der Waals surface area contributed by atoms with Gasteiger partial charge in [-0.1, -0.05) is 5.16 Å². The van der Waals surface area contributed by atoms with Crippen molar-refractivity contribution < 1.29 is 9.32 Å². The minimum Gasteiger partial charge on any atom is -0.359 e. The Morgan fingerprint density at radius 2 is 2.21 bits per heavy atom. The van der Waals surface area contributed by atoms with E-state index in [9.17, 15) is 4.79 Å². The average molecular weight is 340 g/mol. The van der Waals surface area contributed by atoms with Crippen LogP contribution in [0, 0.1) is 6.92 Å². The summed E-state index contributed by atoms with van der Waals surface area (Å²) in [5, 5.41) is 8.86. The minimum atomic E-state index is -0.0230. The second kappa shape index (κ2) is 5.90. The Hall–Kier alpha value is -2.41. The summed E-state index contributed by atoms with van der Waals surface area (Å²) in [7, 11) is 0. The van der Waals surface area contributed by atoms with E-state index in [1.807, 2.05) is 31.4 Å². The molecule has 0 saturated heterocycles. The molecule has 1 fully saturated rings. The molecule has 0 unspecified atom stereocenters. The molecule has 0 N–H and O–H groups in total. The molecule has 1 aliphatic rings. The van der Waals surface area contributed by atoms with Crippen LogP contribution in [0.15, 0.2) is 40.4 Å². The van der Waals surface area contributed by atoms with Crippen LogP contribution < -0.4 is 0 Å². The highest BCUT2D eigenvalue weighted by molar-refractivity contribution is 7.98. The SMILES string of the molecule is CSc1noc(C2CC2)c1C(=O)c1ccc(-n2cncn2)cc1C. The average Bonchev–Trinajstić information content (AvgIpc) is 3.13. The molecule has 1 aliphatic carbocycles. The van der Waals surface area contributed by atoms with Crippen molar-refractivity contribution in [3.05, 3.63) is 53.3 Å². The number of nitrogens with zero attached hydrogens (tertiary/aromatic N) is 4. The third kappa shape index (κ3) is 2.54. The van der Waals surface area contributed by atoms with Crippen LogP contribution in [-0.2, 0) is 0 Å². The van der Waals surface area contributed by atoms with Crippen LogP contribution in [0.3, 0.4) is 0 Å². The fraction of sp³-hybridized carbons (Fsp3) is 0.294. The maximum atomic E-state index is 13.1. The number of aryl methyl sites for hydroxylation is 1. The first kappa shape index (κ1) is 15.1. The molecular weight excluding hydrogens is 324 g/mol. The number of benzene rings is 1. The zero-order valence-corrected chi connectivity index (χ0v) is 14.2. The van der Waals surface area contributed by atoms with E-state index in [2.05, 4.69) is 15.2 Å². The Labute approximate surface area is 143 Å². The first-order valence-corrected chi connectivity index (χ1v) is 8.95. The van der Waals surface area contributed by atoms with Gasteiger partial charge in [-0.2, -0.15) is 5.10 Å². The Bertz CT molecular complexity index is 897. The lowest BCUT2D eigenvalue weighted by Crippen LogP contribution is -2.07. The molecule has 1 aromatic carbocycles. The molecule has 0 atom stereocenters. The molecule has 4 rings (SSSR count). The molecule has 0 aliphatic heterocycles. The molecule has 3 aromatic rings. The number of rotatable bonds is 5. The topological polar surface area (TPSA) is 73.8 Å². The van der Waals surface area contributed by atoms with E-state index in [1.165, 1.54) is 18.1 Å². The lowest BCUT2D eigenvalue weighted by atomic mass is 9.98. The zero-order chi connectivity index (χ0) is 16.7. The molecule has 6 nitrogen and oxygen atoms in total. The standard InChI is InChI=1S/C17H16N4O2S/c1-10-7-12(21-9-18-8-19-21)5-6-13(10)15(22)14-16(11-3-4-11)23-20-17(14)24-2/h5-9,11H,3-4H2,1-2H3. The van der Waals surface area contributed by atoms with Crippen molar-refractivity contribution in [2.75, 3.05) is 6.26 Å². The molecule has 0 bridgehead atoms. The maximum absolute atomic E-state index is 13.1. The summed E-state index contributed by atoms with van der Waals surface area (Å²) in [6, 6.07) is 5.64. The summed E-state index contributed by atoms with van der Waals surface area (Å²) in [6.07, 6.45) is 7.15. The van der Waals surface area contributed by atoms with Crippen LogP contribution in [0.2, 0.25) is 0 Å². The summed E-state index contributed by atoms with van der Waals surface area (Å²) in [5.74, 6) is 1.06. The summed E-state index contributed by atoms with van der Waals surface area (Å²) >= 11 is 1.44. The van der Waals surface area contributed by atoms with Gasteiger partial charge in [-0.3, -0.25) is 4.79 Å². The summed E-state index contributed by atoms with van der Waals surface area (Å²) in [4.78, 5) is 17.1. The van der Waals surface area contributed by atoms with Gasteiger partial charge < -0.3 is 4.52 Å². The molecule has 2 heterocycles. The smallest absolute Gasteiger partial charge is 0.199 e. The first-order valence-electron chi connectivity index (χ1n) is 7.73. The zero-order valence-electron chi connectivity index (χ0n) is 13.4. The Kier molecular flexibility index (Phi) is 3.72. The van der Waals surface area contributed by atoms with Crippen molar-refractivity contribution in [3.8, 4) is 5.69 Å². The number of hydrogen-bond acceptors (Lipinski definition) is 6. The lowest BCUT2D eigenvalue weighted by molar-refractivity contribution is 0.103. The first-order chi connectivity index (χ1) is 11.7. The third-order valence-corrected chi connectivity index (χ3v) is 4.86. The Morgan fingerprint density at radius 1 is 1.38 bits per heavy atom. The van der Waals surface area contributed by atoms with Crippen molar-refractivity contribution in [1.82, 2.24) is 19.9 Å². The number of carbonyl (C=O) groups excluding carboxylic acids is 1. The highest BCUT2D eigenvalue weighted by atomic mass is 32.2. The van der Waals surface area contributed by atoms with Gasteiger partial charge in [-0.15, -0.1) is 11.8 Å². The van der Waals surface area contributed by atoms with Crippen LogP contribution in [0.5, 0.6) is 0 Å². The molecular formula is C17H16N4O2S. The van der Waals surface area contributed by atoms with Crippen LogP contribution >= 0.6 is 11.8 Å². The summed E-state index contributed by atoms with van der Waals surface area (Å²) in [5.41, 5.74) is 3.06. The van der Waals surface area contributed by atoms with Gasteiger partial charge in [0.1, 0.15) is 12.7 Å². The van der Waals surface area contributed by atoms with Crippen molar-refractivity contribution >= 4 is 17.5 Å². The molecule has 0 spiro atoms. The summed E-state index contributed by atoms with van der Waals surface area (Å²) in [6.45, 7) is 1.93. The monoisotopic (exact) mass is 340 g/mol. The van der Waals surface area contributed by atoms with Gasteiger partial charge in [0.25, 0.3) is 0 Å². The predicted octanol–water partition coefficient (Wildman–Crippen LogP) is 3.39. The second-order valence-corrected chi connectivity index (χ2v) is 6.67. The third-order valence-electron chi connectivity index (χ3n) is 4.19. The number of aromatic nitrogens is 4. The normalized spacial score (nSPS) is 14.1. The minimum absolute atomic E-state index is 0.0230. The number of thioether (sulfide) groups is 1. The molecule has 2 aromatic heterocycles. The van der Waals surface area contributed by atoms with Gasteiger partial charge in [0.05, 0.1) is 11.3 Å². The van der Waals surface area contributed by atoms with E-state index in [0.29, 0.717) is 22.1 Å². The molecule has 122 valence electrons. The van der Waals surface area contributed by atoms with Gasteiger partial charge in [0, 0.05) is 11.5 Å². The molecule has 1 saturated carbocycles. The summed E-state index contributed by atoms with van der Waals surface area (Å²) < 4.78 is 7.13. The van der Waals surface area contributed by atoms with Crippen LogP contribution in [-0.4, -0.2) is 32.0 Å². The van der Waals surface area contributed by atoms with Crippen LogP contribution in [0.25, 0.3) is 5.69 Å². The lowest BCUT2D eigenvalue weighted by Gasteiger charge is -2.08. The van der Waals surface area contributed by atoms with Gasteiger partial charge in [0.2, 0.25) is 0 Å². The largest absolute Gasteiger partial charge is 0.359 e. The number of carbonyl (C=O) groups is 1. The van der Waals surface area contributed by atoms with Gasteiger partial charge in [-0.05, 0) is 49.8 Å². The second-order valence-electron chi connectivity index (χ2n) is 5.87. The van der Waals surface area contributed by atoms with Crippen molar-refractivity contribution in [2.45, 2.75) is 30.7 Å². The van der Waals surface area contributed by atoms with E-state index in [4.69, 9.17) is 4.52 Å². The van der Waals surface area contributed by atoms with Crippen molar-refractivity contribution in [2.24, 2.45) is 0 Å². The van der Waals surface area contributed by atoms with E-state index in [-0.39, 0.29) is 5.78 Å². The van der Waals surface area contributed by atoms with Gasteiger partial charge in [-0.25, -0.2) is 9.67 Å². The Balaban J connectivity index is 1.74. The number of ketones is 1. The van der Waals surface area contributed by atoms with Crippen LogP contribution in [0.4, 0.5) is 0 Å². The quantitative estimate of drug-likeness (QED) is 0.523. The van der Waals surface area contributed by atoms with E-state index < -0.39 is 0 Å². The highest BCUT2D eigenvalue weighted by Gasteiger charge is 2.35. The predicted molar refractivity (Wildman–Crippen MR) is 89.8 cm³/mol. The molecule has 0 radical (unpaired) electrons. The maximum Gasteiger partial charge on any atom is 0.199 e. The van der Waals surface area contributed by atoms with Gasteiger partial charge >= 0.3 is 0 Å². The van der Waals surface area contributed by atoms with Crippen molar-refractivity contribution in [1.29, 1.82) is 0 Å². The van der Waals surface area contributed by atoms with Crippen molar-refractivity contribution in [3.63, 3.8) is 0 Å². The van der Waals surface area contributed by atoms with Crippen LogP contribution in [0.1, 0.15) is 46.0 Å². The fourth-order valence-electron chi connectivity index (χ4n) is 2.78. The van der Waals surface area contributed by atoms with Gasteiger partial charge in [0.15, 0.2) is 16.6 Å².